The maximum absolute atomic E-state index is 12.6. The van der Waals surface area contributed by atoms with Crippen molar-refractivity contribution in [3.05, 3.63) is 54.0 Å². The van der Waals surface area contributed by atoms with Gasteiger partial charge >= 0.3 is 0 Å². The lowest BCUT2D eigenvalue weighted by Gasteiger charge is -2.19. The second kappa shape index (κ2) is 9.76. The number of carbonyl (C=O) groups excluding carboxylic acids is 1. The average Bonchev–Trinajstić information content (AvgIpc) is 3.41. The summed E-state index contributed by atoms with van der Waals surface area (Å²) < 4.78 is 5.31. The molecule has 1 N–H and O–H groups in total. The highest BCUT2D eigenvalue weighted by Gasteiger charge is 2.17. The van der Waals surface area contributed by atoms with Crippen molar-refractivity contribution in [3.8, 4) is 17.5 Å². The van der Waals surface area contributed by atoms with Crippen molar-refractivity contribution in [2.24, 2.45) is 0 Å². The van der Waals surface area contributed by atoms with Gasteiger partial charge in [0.05, 0.1) is 31.1 Å². The van der Waals surface area contributed by atoms with Crippen LogP contribution in [-0.2, 0) is 17.8 Å². The van der Waals surface area contributed by atoms with E-state index in [9.17, 15) is 4.79 Å². The van der Waals surface area contributed by atoms with E-state index in [1.54, 1.807) is 17.2 Å². The molecular weight excluding hydrogens is 374 g/mol. The minimum Gasteiger partial charge on any atom is -0.467 e. The Kier molecular flexibility index (Phi) is 6.87. The summed E-state index contributed by atoms with van der Waals surface area (Å²) in [4.78, 5) is 18.7. The predicted molar refractivity (Wildman–Crippen MR) is 106 cm³/mol. The van der Waals surface area contributed by atoms with Crippen molar-refractivity contribution in [2.75, 3.05) is 12.3 Å². The zero-order valence-electron chi connectivity index (χ0n) is 15.6. The van der Waals surface area contributed by atoms with Crippen molar-refractivity contribution in [1.29, 1.82) is 5.26 Å². The van der Waals surface area contributed by atoms with Crippen molar-refractivity contribution < 1.29 is 9.21 Å². The van der Waals surface area contributed by atoms with E-state index >= 15 is 0 Å². The van der Waals surface area contributed by atoms with Crippen LogP contribution >= 0.6 is 11.8 Å². The number of rotatable bonds is 9. The van der Waals surface area contributed by atoms with Crippen LogP contribution in [0, 0.1) is 11.3 Å². The number of H-pyrrole nitrogens is 1. The molecule has 1 amide bonds. The first kappa shape index (κ1) is 19.7. The smallest absolute Gasteiger partial charge is 0.233 e. The molecular formula is C20H21N5O2S. The van der Waals surface area contributed by atoms with E-state index < -0.39 is 0 Å². The van der Waals surface area contributed by atoms with E-state index in [4.69, 9.17) is 9.68 Å². The van der Waals surface area contributed by atoms with Gasteiger partial charge in [-0.05, 0) is 24.1 Å². The number of nitriles is 1. The maximum atomic E-state index is 12.6. The first-order chi connectivity index (χ1) is 13.7. The first-order valence-corrected chi connectivity index (χ1v) is 9.99. The molecule has 0 saturated heterocycles. The lowest BCUT2D eigenvalue weighted by atomic mass is 10.1. The zero-order chi connectivity index (χ0) is 19.8. The minimum atomic E-state index is -0.0877. The molecule has 1 aromatic carbocycles. The highest BCUT2D eigenvalue weighted by atomic mass is 32.2. The summed E-state index contributed by atoms with van der Waals surface area (Å²) in [6.45, 7) is 2.82. The molecule has 7 nitrogen and oxygen atoms in total. The highest BCUT2D eigenvalue weighted by Crippen LogP contribution is 2.20. The Labute approximate surface area is 167 Å². The van der Waals surface area contributed by atoms with E-state index in [0.29, 0.717) is 29.8 Å². The van der Waals surface area contributed by atoms with Gasteiger partial charge in [0.2, 0.25) is 11.1 Å². The number of thioether (sulfide) groups is 1. The Morgan fingerprint density at radius 1 is 1.32 bits per heavy atom. The lowest BCUT2D eigenvalue weighted by Crippen LogP contribution is -2.32. The molecule has 2 heterocycles. The van der Waals surface area contributed by atoms with E-state index in [1.807, 2.05) is 18.2 Å². The third-order valence-corrected chi connectivity index (χ3v) is 5.03. The molecule has 0 aliphatic carbocycles. The van der Waals surface area contributed by atoms with E-state index in [-0.39, 0.29) is 18.1 Å². The first-order valence-electron chi connectivity index (χ1n) is 9.01. The van der Waals surface area contributed by atoms with Crippen LogP contribution in [0.5, 0.6) is 0 Å². The van der Waals surface area contributed by atoms with Gasteiger partial charge in [-0.3, -0.25) is 9.89 Å². The number of aromatic amines is 1. The number of aryl methyl sites for hydroxylation is 1. The maximum Gasteiger partial charge on any atom is 0.233 e. The van der Waals surface area contributed by atoms with Crippen LogP contribution in [0.15, 0.2) is 52.2 Å². The molecule has 0 radical (unpaired) electrons. The zero-order valence-corrected chi connectivity index (χ0v) is 16.4. The van der Waals surface area contributed by atoms with E-state index in [1.165, 1.54) is 17.3 Å². The fourth-order valence-corrected chi connectivity index (χ4v) is 3.32. The number of hydrogen-bond acceptors (Lipinski definition) is 6. The fraction of sp³-hybridized carbons (Fsp3) is 0.300. The monoisotopic (exact) mass is 395 g/mol. The molecule has 3 aromatic rings. The van der Waals surface area contributed by atoms with Gasteiger partial charge in [-0.15, -0.1) is 5.10 Å². The third-order valence-electron chi connectivity index (χ3n) is 4.20. The SMILES string of the molecule is CCc1ccc(-c2nc(SCC(=O)N(CCC#N)Cc3ccco3)n[nH]2)cc1. The quantitative estimate of drug-likeness (QED) is 0.555. The van der Waals surface area contributed by atoms with Crippen molar-refractivity contribution in [2.45, 2.75) is 31.5 Å². The highest BCUT2D eigenvalue weighted by molar-refractivity contribution is 7.99. The fourth-order valence-electron chi connectivity index (χ4n) is 2.62. The van der Waals surface area contributed by atoms with Gasteiger partial charge < -0.3 is 9.32 Å². The molecule has 0 aliphatic rings. The molecule has 0 bridgehead atoms. The minimum absolute atomic E-state index is 0.0877. The number of furan rings is 1. The Bertz CT molecular complexity index is 928. The Balaban J connectivity index is 1.59. The third kappa shape index (κ3) is 5.24. The molecule has 0 fully saturated rings. The molecule has 0 atom stereocenters. The summed E-state index contributed by atoms with van der Waals surface area (Å²) in [7, 11) is 0. The van der Waals surface area contributed by atoms with Crippen molar-refractivity contribution >= 4 is 17.7 Å². The molecule has 8 heteroatoms. The predicted octanol–water partition coefficient (Wildman–Crippen LogP) is 3.66. The Hall–Kier alpha value is -3.05. The van der Waals surface area contributed by atoms with Gasteiger partial charge in [0.15, 0.2) is 5.82 Å². The number of carbonyl (C=O) groups is 1. The van der Waals surface area contributed by atoms with Gasteiger partial charge in [-0.1, -0.05) is 43.0 Å². The number of benzene rings is 1. The number of hydrogen-bond donors (Lipinski definition) is 1. The van der Waals surface area contributed by atoms with Gasteiger partial charge in [-0.25, -0.2) is 4.98 Å². The Morgan fingerprint density at radius 3 is 2.82 bits per heavy atom. The molecule has 0 saturated carbocycles. The van der Waals surface area contributed by atoms with Gasteiger partial charge in [-0.2, -0.15) is 5.26 Å². The molecule has 0 unspecified atom stereocenters. The summed E-state index contributed by atoms with van der Waals surface area (Å²) in [5, 5.41) is 16.5. The van der Waals surface area contributed by atoms with Crippen molar-refractivity contribution in [3.63, 3.8) is 0 Å². The van der Waals surface area contributed by atoms with Gasteiger partial charge in [0.25, 0.3) is 0 Å². The lowest BCUT2D eigenvalue weighted by molar-refractivity contribution is -0.129. The number of amides is 1. The number of nitrogens with zero attached hydrogens (tertiary/aromatic N) is 4. The number of aromatic nitrogens is 3. The molecule has 3 rings (SSSR count). The van der Waals surface area contributed by atoms with Crippen LogP contribution < -0.4 is 0 Å². The summed E-state index contributed by atoms with van der Waals surface area (Å²) in [5.74, 6) is 1.47. The second-order valence-corrected chi connectivity index (χ2v) is 7.05. The van der Waals surface area contributed by atoms with E-state index in [2.05, 4.69) is 40.3 Å². The van der Waals surface area contributed by atoms with Crippen molar-refractivity contribution in [1.82, 2.24) is 20.1 Å². The largest absolute Gasteiger partial charge is 0.467 e. The van der Waals surface area contributed by atoms with Crippen LogP contribution in [0.25, 0.3) is 11.4 Å². The molecule has 28 heavy (non-hydrogen) atoms. The topological polar surface area (TPSA) is 98.8 Å². The van der Waals surface area contributed by atoms with Crippen LogP contribution in [0.1, 0.15) is 24.7 Å². The van der Waals surface area contributed by atoms with E-state index in [0.717, 1.165) is 12.0 Å². The Morgan fingerprint density at radius 2 is 2.14 bits per heavy atom. The molecule has 144 valence electrons. The second-order valence-electron chi connectivity index (χ2n) is 6.11. The summed E-state index contributed by atoms with van der Waals surface area (Å²) >= 11 is 1.27. The summed E-state index contributed by atoms with van der Waals surface area (Å²) in [6, 6.07) is 13.8. The summed E-state index contributed by atoms with van der Waals surface area (Å²) in [6.07, 6.45) is 2.83. The van der Waals surface area contributed by atoms with Crippen LogP contribution in [0.4, 0.5) is 0 Å². The molecule has 0 aliphatic heterocycles. The standard InChI is InChI=1S/C20H21N5O2S/c1-2-15-6-8-16(9-7-15)19-22-20(24-23-19)28-14-18(26)25(11-4-10-21)13-17-5-3-12-27-17/h3,5-9,12H,2,4,11,13-14H2,1H3,(H,22,23,24). The average molecular weight is 395 g/mol. The molecule has 2 aromatic heterocycles. The summed E-state index contributed by atoms with van der Waals surface area (Å²) in [5.41, 5.74) is 2.22. The van der Waals surface area contributed by atoms with Gasteiger partial charge in [0, 0.05) is 12.1 Å². The molecule has 0 spiro atoms. The van der Waals surface area contributed by atoms with Crippen LogP contribution in [-0.4, -0.2) is 38.3 Å². The van der Waals surface area contributed by atoms with Gasteiger partial charge in [0.1, 0.15) is 5.76 Å². The van der Waals surface area contributed by atoms with Crippen LogP contribution in [0.2, 0.25) is 0 Å². The van der Waals surface area contributed by atoms with Crippen LogP contribution in [0.3, 0.4) is 0 Å². The number of nitrogens with one attached hydrogen (secondary N) is 1. The normalized spacial score (nSPS) is 10.6.